The maximum atomic E-state index is 5.95. The topological polar surface area (TPSA) is 44.5 Å². The van der Waals surface area contributed by atoms with Gasteiger partial charge in [-0.05, 0) is 56.0 Å². The zero-order valence-electron chi connectivity index (χ0n) is 13.4. The molecule has 0 amide bonds. The van der Waals surface area contributed by atoms with Crippen LogP contribution in [0.5, 0.6) is 11.5 Å². The molecule has 0 fully saturated rings. The summed E-state index contributed by atoms with van der Waals surface area (Å²) in [7, 11) is 0. The Bertz CT molecular complexity index is 583. The fraction of sp³-hybridized carbons (Fsp3) is 0.368. The summed E-state index contributed by atoms with van der Waals surface area (Å²) < 4.78 is 11.5. The van der Waals surface area contributed by atoms with E-state index >= 15 is 0 Å². The van der Waals surface area contributed by atoms with Gasteiger partial charge in [-0.1, -0.05) is 36.4 Å². The van der Waals surface area contributed by atoms with Crippen molar-refractivity contribution >= 4 is 0 Å². The van der Waals surface area contributed by atoms with Crippen molar-refractivity contribution in [2.24, 2.45) is 5.73 Å². The van der Waals surface area contributed by atoms with E-state index in [0.29, 0.717) is 25.7 Å². The van der Waals surface area contributed by atoms with E-state index in [-0.39, 0.29) is 0 Å². The standard InChI is InChI=1S/C19H25NO2/c1-3-21-18-10-6-7-11-19(18)22-13-12-16(14-20)17-9-5-4-8-15(17)2/h4-11,16H,3,12-14,20H2,1-2H3. The van der Waals surface area contributed by atoms with Gasteiger partial charge in [0.15, 0.2) is 11.5 Å². The minimum atomic E-state index is 0.320. The number of nitrogens with two attached hydrogens (primary N) is 1. The Balaban J connectivity index is 1.96. The average Bonchev–Trinajstić information content (AvgIpc) is 2.54. The van der Waals surface area contributed by atoms with Crippen molar-refractivity contribution in [3.8, 4) is 11.5 Å². The Hall–Kier alpha value is -2.00. The van der Waals surface area contributed by atoms with E-state index in [9.17, 15) is 0 Å². The summed E-state index contributed by atoms with van der Waals surface area (Å²) in [4.78, 5) is 0. The fourth-order valence-corrected chi connectivity index (χ4v) is 2.60. The molecule has 0 bridgehead atoms. The molecule has 2 rings (SSSR count). The molecule has 0 saturated carbocycles. The lowest BCUT2D eigenvalue weighted by Crippen LogP contribution is -2.16. The van der Waals surface area contributed by atoms with Crippen LogP contribution in [-0.4, -0.2) is 19.8 Å². The van der Waals surface area contributed by atoms with Gasteiger partial charge in [0.2, 0.25) is 0 Å². The smallest absolute Gasteiger partial charge is 0.161 e. The molecule has 0 heterocycles. The molecule has 0 radical (unpaired) electrons. The third-order valence-electron chi connectivity index (χ3n) is 3.79. The SMILES string of the molecule is CCOc1ccccc1OCCC(CN)c1ccccc1C. The van der Waals surface area contributed by atoms with Crippen LogP contribution in [0.25, 0.3) is 0 Å². The number of benzene rings is 2. The first kappa shape index (κ1) is 16.4. The Morgan fingerprint density at radius 2 is 1.59 bits per heavy atom. The highest BCUT2D eigenvalue weighted by molar-refractivity contribution is 5.39. The highest BCUT2D eigenvalue weighted by Gasteiger charge is 2.12. The predicted molar refractivity (Wildman–Crippen MR) is 90.7 cm³/mol. The lowest BCUT2D eigenvalue weighted by molar-refractivity contribution is 0.266. The monoisotopic (exact) mass is 299 g/mol. The molecule has 2 N–H and O–H groups in total. The minimum absolute atomic E-state index is 0.320. The molecule has 0 aliphatic heterocycles. The first-order valence-electron chi connectivity index (χ1n) is 7.86. The second-order valence-corrected chi connectivity index (χ2v) is 5.31. The lowest BCUT2D eigenvalue weighted by atomic mass is 9.92. The molecule has 0 aliphatic carbocycles. The molecule has 22 heavy (non-hydrogen) atoms. The first-order valence-corrected chi connectivity index (χ1v) is 7.86. The Kier molecular flexibility index (Phi) is 6.28. The average molecular weight is 299 g/mol. The van der Waals surface area contributed by atoms with Crippen molar-refractivity contribution in [1.29, 1.82) is 0 Å². The first-order chi connectivity index (χ1) is 10.8. The number of aryl methyl sites for hydroxylation is 1. The molecule has 0 aliphatic rings. The minimum Gasteiger partial charge on any atom is -0.490 e. The van der Waals surface area contributed by atoms with E-state index in [1.165, 1.54) is 11.1 Å². The third-order valence-corrected chi connectivity index (χ3v) is 3.79. The van der Waals surface area contributed by atoms with Crippen LogP contribution in [0.3, 0.4) is 0 Å². The number of rotatable bonds is 8. The predicted octanol–water partition coefficient (Wildman–Crippen LogP) is 3.91. The number of hydrogen-bond donors (Lipinski definition) is 1. The zero-order chi connectivity index (χ0) is 15.8. The molecular formula is C19H25NO2. The molecule has 0 aromatic heterocycles. The van der Waals surface area contributed by atoms with E-state index < -0.39 is 0 Å². The van der Waals surface area contributed by atoms with Crippen molar-refractivity contribution in [3.05, 3.63) is 59.7 Å². The highest BCUT2D eigenvalue weighted by Crippen LogP contribution is 2.28. The van der Waals surface area contributed by atoms with Gasteiger partial charge in [-0.3, -0.25) is 0 Å². The third kappa shape index (κ3) is 4.25. The van der Waals surface area contributed by atoms with Crippen molar-refractivity contribution in [3.63, 3.8) is 0 Å². The van der Waals surface area contributed by atoms with Gasteiger partial charge in [0.25, 0.3) is 0 Å². The molecule has 1 atom stereocenters. The molecule has 2 aromatic carbocycles. The van der Waals surface area contributed by atoms with Crippen LogP contribution in [0, 0.1) is 6.92 Å². The molecule has 3 nitrogen and oxygen atoms in total. The van der Waals surface area contributed by atoms with Gasteiger partial charge in [0.1, 0.15) is 0 Å². The van der Waals surface area contributed by atoms with Crippen molar-refractivity contribution in [2.45, 2.75) is 26.2 Å². The van der Waals surface area contributed by atoms with E-state index in [1.807, 2.05) is 31.2 Å². The second kappa shape index (κ2) is 8.44. The van der Waals surface area contributed by atoms with Crippen LogP contribution in [0.15, 0.2) is 48.5 Å². The van der Waals surface area contributed by atoms with Gasteiger partial charge >= 0.3 is 0 Å². The summed E-state index contributed by atoms with van der Waals surface area (Å²) >= 11 is 0. The van der Waals surface area contributed by atoms with E-state index in [2.05, 4.69) is 31.2 Å². The Morgan fingerprint density at radius 3 is 2.23 bits per heavy atom. The maximum Gasteiger partial charge on any atom is 0.161 e. The van der Waals surface area contributed by atoms with Gasteiger partial charge in [-0.15, -0.1) is 0 Å². The summed E-state index contributed by atoms with van der Waals surface area (Å²) in [5, 5.41) is 0. The van der Waals surface area contributed by atoms with Crippen LogP contribution < -0.4 is 15.2 Å². The van der Waals surface area contributed by atoms with Gasteiger partial charge < -0.3 is 15.2 Å². The molecular weight excluding hydrogens is 274 g/mol. The van der Waals surface area contributed by atoms with Crippen LogP contribution in [0.2, 0.25) is 0 Å². The summed E-state index contributed by atoms with van der Waals surface area (Å²) in [5.74, 6) is 1.91. The Morgan fingerprint density at radius 1 is 0.955 bits per heavy atom. The fourth-order valence-electron chi connectivity index (χ4n) is 2.60. The van der Waals surface area contributed by atoms with E-state index in [1.54, 1.807) is 0 Å². The molecule has 3 heteroatoms. The Labute approximate surface area is 133 Å². The van der Waals surface area contributed by atoms with Gasteiger partial charge in [0, 0.05) is 0 Å². The second-order valence-electron chi connectivity index (χ2n) is 5.31. The molecule has 118 valence electrons. The summed E-state index contributed by atoms with van der Waals surface area (Å²) in [6.45, 7) is 5.99. The summed E-state index contributed by atoms with van der Waals surface area (Å²) in [6.07, 6.45) is 0.891. The maximum absolute atomic E-state index is 5.95. The number of para-hydroxylation sites is 2. The van der Waals surface area contributed by atoms with Crippen LogP contribution in [0.1, 0.15) is 30.4 Å². The number of ether oxygens (including phenoxy) is 2. The van der Waals surface area contributed by atoms with Crippen LogP contribution in [-0.2, 0) is 0 Å². The van der Waals surface area contributed by atoms with Gasteiger partial charge in [-0.25, -0.2) is 0 Å². The molecule has 0 saturated heterocycles. The van der Waals surface area contributed by atoms with Crippen LogP contribution >= 0.6 is 0 Å². The summed E-state index contributed by atoms with van der Waals surface area (Å²) in [6, 6.07) is 16.2. The van der Waals surface area contributed by atoms with Crippen molar-refractivity contribution in [1.82, 2.24) is 0 Å². The quantitative estimate of drug-likeness (QED) is 0.804. The summed E-state index contributed by atoms with van der Waals surface area (Å²) in [5.41, 5.74) is 8.55. The highest BCUT2D eigenvalue weighted by atomic mass is 16.5. The van der Waals surface area contributed by atoms with Crippen molar-refractivity contribution < 1.29 is 9.47 Å². The van der Waals surface area contributed by atoms with Crippen LogP contribution in [0.4, 0.5) is 0 Å². The normalized spacial score (nSPS) is 12.0. The largest absolute Gasteiger partial charge is 0.490 e. The van der Waals surface area contributed by atoms with Gasteiger partial charge in [-0.2, -0.15) is 0 Å². The lowest BCUT2D eigenvalue weighted by Gasteiger charge is -2.18. The van der Waals surface area contributed by atoms with Crippen molar-refractivity contribution in [2.75, 3.05) is 19.8 Å². The van der Waals surface area contributed by atoms with Gasteiger partial charge in [0.05, 0.1) is 13.2 Å². The molecule has 2 aromatic rings. The number of hydrogen-bond acceptors (Lipinski definition) is 3. The molecule has 1 unspecified atom stereocenters. The van der Waals surface area contributed by atoms with E-state index in [4.69, 9.17) is 15.2 Å². The zero-order valence-corrected chi connectivity index (χ0v) is 13.4. The van der Waals surface area contributed by atoms with E-state index in [0.717, 1.165) is 17.9 Å². The molecule has 0 spiro atoms.